The molecule has 0 spiro atoms. The van der Waals surface area contributed by atoms with Gasteiger partial charge in [0.2, 0.25) is 0 Å². The van der Waals surface area contributed by atoms with Gasteiger partial charge in [0, 0.05) is 23.7 Å². The van der Waals surface area contributed by atoms with Gasteiger partial charge in [-0.15, -0.1) is 0 Å². The molecule has 1 rings (SSSR count). The van der Waals surface area contributed by atoms with Gasteiger partial charge in [0.05, 0.1) is 18.8 Å². The molecule has 0 aromatic heterocycles. The lowest BCUT2D eigenvalue weighted by molar-refractivity contribution is 0.148. The van der Waals surface area contributed by atoms with E-state index in [-0.39, 0.29) is 6.61 Å². The van der Waals surface area contributed by atoms with E-state index >= 15 is 0 Å². The van der Waals surface area contributed by atoms with Crippen molar-refractivity contribution in [1.29, 1.82) is 0 Å². The molecule has 0 aliphatic carbocycles. The minimum Gasteiger partial charge on any atom is -0.394 e. The summed E-state index contributed by atoms with van der Waals surface area (Å²) in [5.41, 5.74) is 0.224. The summed E-state index contributed by atoms with van der Waals surface area (Å²) in [7, 11) is 1.63. The fraction of sp³-hybridized carbons (Fsp3) is 0.500. The molecule has 0 radical (unpaired) electrons. The Morgan fingerprint density at radius 2 is 2.12 bits per heavy atom. The highest BCUT2D eigenvalue weighted by atomic mass is 35.5. The van der Waals surface area contributed by atoms with Crippen LogP contribution in [0.3, 0.4) is 0 Å². The summed E-state index contributed by atoms with van der Waals surface area (Å²) in [6.45, 7) is 3.03. The smallest absolute Gasteiger partial charge is 0.0655 e. The highest BCUT2D eigenvalue weighted by molar-refractivity contribution is 6.35. The second kappa shape index (κ2) is 6.57. The zero-order valence-corrected chi connectivity index (χ0v) is 11.5. The first kappa shape index (κ1) is 14.7. The molecule has 1 unspecified atom stereocenters. The van der Waals surface area contributed by atoms with Crippen molar-refractivity contribution in [1.82, 2.24) is 5.32 Å². The Hall–Kier alpha value is -0.320. The molecule has 0 saturated carbocycles. The minimum absolute atomic E-state index is 0.0575. The number of hydrogen-bond donors (Lipinski definition) is 2. The van der Waals surface area contributed by atoms with Gasteiger partial charge in [0.15, 0.2) is 0 Å². The summed E-state index contributed by atoms with van der Waals surface area (Å²) in [6.07, 6.45) is 0. The summed E-state index contributed by atoms with van der Waals surface area (Å²) < 4.78 is 4.97. The SMILES string of the molecule is COCCNC(C)(CO)c1ccc(Cl)cc1Cl. The number of nitrogens with one attached hydrogen (secondary N) is 1. The Bertz CT molecular complexity index is 374. The molecule has 1 atom stereocenters. The summed E-state index contributed by atoms with van der Waals surface area (Å²) in [5.74, 6) is 0. The van der Waals surface area contributed by atoms with Crippen molar-refractivity contribution in [3.8, 4) is 0 Å². The van der Waals surface area contributed by atoms with Gasteiger partial charge in [-0.2, -0.15) is 0 Å². The molecule has 3 nitrogen and oxygen atoms in total. The van der Waals surface area contributed by atoms with E-state index in [2.05, 4.69) is 5.32 Å². The van der Waals surface area contributed by atoms with Crippen LogP contribution in [0.2, 0.25) is 10.0 Å². The van der Waals surface area contributed by atoms with Crippen LogP contribution in [0.15, 0.2) is 18.2 Å². The molecule has 17 heavy (non-hydrogen) atoms. The number of methoxy groups -OCH3 is 1. The normalized spacial score (nSPS) is 14.6. The van der Waals surface area contributed by atoms with Crippen LogP contribution in [0.25, 0.3) is 0 Å². The number of aliphatic hydroxyl groups excluding tert-OH is 1. The van der Waals surface area contributed by atoms with Crippen molar-refractivity contribution in [2.75, 3.05) is 26.9 Å². The van der Waals surface area contributed by atoms with Gasteiger partial charge in [-0.25, -0.2) is 0 Å². The average molecular weight is 278 g/mol. The van der Waals surface area contributed by atoms with Crippen LogP contribution in [0, 0.1) is 0 Å². The van der Waals surface area contributed by atoms with E-state index in [1.54, 1.807) is 19.2 Å². The van der Waals surface area contributed by atoms with Gasteiger partial charge in [0.25, 0.3) is 0 Å². The maximum atomic E-state index is 9.54. The molecule has 0 saturated heterocycles. The number of aliphatic hydroxyl groups is 1. The van der Waals surface area contributed by atoms with Crippen molar-refractivity contribution in [2.24, 2.45) is 0 Å². The van der Waals surface area contributed by atoms with Crippen LogP contribution in [-0.2, 0) is 10.3 Å². The fourth-order valence-corrected chi connectivity index (χ4v) is 2.22. The molecule has 0 aliphatic rings. The molecule has 5 heteroatoms. The number of halogens is 2. The Balaban J connectivity index is 2.90. The van der Waals surface area contributed by atoms with Gasteiger partial charge in [0.1, 0.15) is 0 Å². The zero-order chi connectivity index (χ0) is 12.9. The third kappa shape index (κ3) is 3.83. The Morgan fingerprint density at radius 3 is 2.65 bits per heavy atom. The standard InChI is InChI=1S/C12H17Cl2NO2/c1-12(8-16,15-5-6-17-2)10-4-3-9(13)7-11(10)14/h3-4,7,15-16H,5-6,8H2,1-2H3. The Kier molecular flexibility index (Phi) is 5.70. The van der Waals surface area contributed by atoms with Gasteiger partial charge >= 0.3 is 0 Å². The lowest BCUT2D eigenvalue weighted by Crippen LogP contribution is -2.44. The van der Waals surface area contributed by atoms with Gasteiger partial charge in [-0.05, 0) is 24.6 Å². The highest BCUT2D eigenvalue weighted by Gasteiger charge is 2.27. The van der Waals surface area contributed by atoms with Crippen molar-refractivity contribution in [3.05, 3.63) is 33.8 Å². The van der Waals surface area contributed by atoms with E-state index in [9.17, 15) is 5.11 Å². The maximum absolute atomic E-state index is 9.54. The fourth-order valence-electron chi connectivity index (χ4n) is 1.60. The Morgan fingerprint density at radius 1 is 1.41 bits per heavy atom. The largest absolute Gasteiger partial charge is 0.394 e. The number of ether oxygens (including phenoxy) is 1. The van der Waals surface area contributed by atoms with E-state index < -0.39 is 5.54 Å². The topological polar surface area (TPSA) is 41.5 Å². The van der Waals surface area contributed by atoms with Crippen molar-refractivity contribution >= 4 is 23.2 Å². The Labute approximate surface area is 112 Å². The first-order chi connectivity index (χ1) is 8.03. The first-order valence-corrected chi connectivity index (χ1v) is 6.09. The van der Waals surface area contributed by atoms with Gasteiger partial charge in [-0.3, -0.25) is 0 Å². The first-order valence-electron chi connectivity index (χ1n) is 5.34. The van der Waals surface area contributed by atoms with Crippen molar-refractivity contribution in [2.45, 2.75) is 12.5 Å². The predicted octanol–water partition coefficient (Wildman–Crippen LogP) is 2.44. The predicted molar refractivity (Wildman–Crippen MR) is 70.8 cm³/mol. The molecule has 0 bridgehead atoms. The number of hydrogen-bond acceptors (Lipinski definition) is 3. The number of benzene rings is 1. The maximum Gasteiger partial charge on any atom is 0.0655 e. The molecular formula is C12H17Cl2NO2. The highest BCUT2D eigenvalue weighted by Crippen LogP contribution is 2.30. The summed E-state index contributed by atoms with van der Waals surface area (Å²) in [5, 5.41) is 13.9. The second-order valence-electron chi connectivity index (χ2n) is 4.03. The third-order valence-corrected chi connectivity index (χ3v) is 3.21. The molecule has 1 aromatic rings. The van der Waals surface area contributed by atoms with E-state index in [4.69, 9.17) is 27.9 Å². The van der Waals surface area contributed by atoms with Crippen LogP contribution in [0.1, 0.15) is 12.5 Å². The molecule has 0 heterocycles. The van der Waals surface area contributed by atoms with Crippen LogP contribution in [0.4, 0.5) is 0 Å². The minimum atomic E-state index is -0.597. The molecule has 0 amide bonds. The molecule has 96 valence electrons. The average Bonchev–Trinajstić information content (AvgIpc) is 2.29. The summed E-state index contributed by atoms with van der Waals surface area (Å²) in [4.78, 5) is 0. The zero-order valence-electron chi connectivity index (χ0n) is 9.96. The molecular weight excluding hydrogens is 261 g/mol. The van der Waals surface area contributed by atoms with Crippen molar-refractivity contribution in [3.63, 3.8) is 0 Å². The van der Waals surface area contributed by atoms with Crippen LogP contribution in [-0.4, -0.2) is 32.0 Å². The van der Waals surface area contributed by atoms with Crippen LogP contribution >= 0.6 is 23.2 Å². The molecule has 0 fully saturated rings. The summed E-state index contributed by atoms with van der Waals surface area (Å²) >= 11 is 12.0. The second-order valence-corrected chi connectivity index (χ2v) is 4.88. The molecule has 0 aliphatic heterocycles. The lowest BCUT2D eigenvalue weighted by Gasteiger charge is -2.30. The number of rotatable bonds is 6. The van der Waals surface area contributed by atoms with E-state index in [0.29, 0.717) is 23.2 Å². The van der Waals surface area contributed by atoms with E-state index in [1.807, 2.05) is 13.0 Å². The van der Waals surface area contributed by atoms with Crippen LogP contribution < -0.4 is 5.32 Å². The quantitative estimate of drug-likeness (QED) is 0.785. The monoisotopic (exact) mass is 277 g/mol. The lowest BCUT2D eigenvalue weighted by atomic mass is 9.93. The third-order valence-electron chi connectivity index (χ3n) is 2.66. The van der Waals surface area contributed by atoms with Crippen LogP contribution in [0.5, 0.6) is 0 Å². The molecule has 1 aromatic carbocycles. The molecule has 2 N–H and O–H groups in total. The summed E-state index contributed by atoms with van der Waals surface area (Å²) in [6, 6.07) is 5.25. The van der Waals surface area contributed by atoms with E-state index in [1.165, 1.54) is 0 Å². The van der Waals surface area contributed by atoms with Gasteiger partial charge in [-0.1, -0.05) is 29.3 Å². The van der Waals surface area contributed by atoms with E-state index in [0.717, 1.165) is 5.56 Å². The van der Waals surface area contributed by atoms with Gasteiger partial charge < -0.3 is 15.2 Å². The van der Waals surface area contributed by atoms with Crippen molar-refractivity contribution < 1.29 is 9.84 Å².